The van der Waals surface area contributed by atoms with E-state index in [2.05, 4.69) is 34.6 Å². The van der Waals surface area contributed by atoms with Crippen LogP contribution in [-0.2, 0) is 17.4 Å². The van der Waals surface area contributed by atoms with Gasteiger partial charge in [0.05, 0.1) is 29.2 Å². The molecule has 0 aliphatic carbocycles. The lowest BCUT2D eigenvalue weighted by atomic mass is 10.00. The number of rotatable bonds is 6. The molecule has 0 aromatic carbocycles. The first-order valence-electron chi connectivity index (χ1n) is 7.32. The van der Waals surface area contributed by atoms with Crippen molar-refractivity contribution < 1.29 is 4.79 Å². The van der Waals surface area contributed by atoms with E-state index < -0.39 is 0 Å². The molecule has 2 aromatic rings. The van der Waals surface area contributed by atoms with Gasteiger partial charge in [0, 0.05) is 18.6 Å². The van der Waals surface area contributed by atoms with E-state index in [0.717, 1.165) is 28.5 Å². The second-order valence-corrected chi connectivity index (χ2v) is 6.49. The predicted octanol–water partition coefficient (Wildman–Crippen LogP) is 2.35. The van der Waals surface area contributed by atoms with Crippen LogP contribution in [0.2, 0.25) is 0 Å². The van der Waals surface area contributed by atoms with E-state index in [9.17, 15) is 4.79 Å². The van der Waals surface area contributed by atoms with E-state index in [0.29, 0.717) is 0 Å². The highest BCUT2D eigenvalue weighted by atomic mass is 32.1. The molecular formula is C15H23N5OS. The van der Waals surface area contributed by atoms with E-state index in [1.165, 1.54) is 0 Å². The number of amides is 1. The highest BCUT2D eigenvalue weighted by Gasteiger charge is 2.27. The van der Waals surface area contributed by atoms with Gasteiger partial charge in [0.2, 0.25) is 5.91 Å². The van der Waals surface area contributed by atoms with Crippen molar-refractivity contribution in [2.75, 3.05) is 11.9 Å². The third-order valence-corrected chi connectivity index (χ3v) is 5.06. The van der Waals surface area contributed by atoms with E-state index in [4.69, 9.17) is 0 Å². The zero-order valence-electron chi connectivity index (χ0n) is 13.7. The van der Waals surface area contributed by atoms with Gasteiger partial charge in [0.15, 0.2) is 0 Å². The number of nitrogens with zero attached hydrogens (tertiary/aromatic N) is 3. The summed E-state index contributed by atoms with van der Waals surface area (Å²) in [7, 11) is 1.87. The number of aryl methyl sites for hydroxylation is 2. The van der Waals surface area contributed by atoms with Gasteiger partial charge in [-0.25, -0.2) is 4.98 Å². The summed E-state index contributed by atoms with van der Waals surface area (Å²) in [6.07, 6.45) is 2.65. The molecule has 0 aliphatic heterocycles. The molecule has 7 heteroatoms. The van der Waals surface area contributed by atoms with E-state index in [1.807, 2.05) is 26.3 Å². The van der Waals surface area contributed by atoms with Gasteiger partial charge in [0.1, 0.15) is 5.01 Å². The molecule has 0 saturated heterocycles. The molecule has 0 spiro atoms. The van der Waals surface area contributed by atoms with Gasteiger partial charge in [-0.3, -0.25) is 14.8 Å². The summed E-state index contributed by atoms with van der Waals surface area (Å²) in [5.41, 5.74) is 2.28. The lowest BCUT2D eigenvalue weighted by molar-refractivity contribution is -0.115. The SMILES string of the molecule is CCC(C)(NCC(=O)Nc1c(C)nn(C)c1C)c1nccs1. The molecule has 0 radical (unpaired) electrons. The Hall–Kier alpha value is -1.73. The smallest absolute Gasteiger partial charge is 0.238 e. The van der Waals surface area contributed by atoms with Crippen LogP contribution in [0, 0.1) is 13.8 Å². The lowest BCUT2D eigenvalue weighted by Crippen LogP contribution is -2.43. The first-order valence-corrected chi connectivity index (χ1v) is 8.20. The molecule has 22 heavy (non-hydrogen) atoms. The molecule has 120 valence electrons. The molecule has 0 bridgehead atoms. The largest absolute Gasteiger partial charge is 0.322 e. The number of hydrogen-bond donors (Lipinski definition) is 2. The van der Waals surface area contributed by atoms with Crippen molar-refractivity contribution in [2.24, 2.45) is 7.05 Å². The summed E-state index contributed by atoms with van der Waals surface area (Å²) in [6, 6.07) is 0. The number of aromatic nitrogens is 3. The normalized spacial score (nSPS) is 13.9. The van der Waals surface area contributed by atoms with Gasteiger partial charge in [-0.05, 0) is 27.2 Å². The number of thiazole rings is 1. The highest BCUT2D eigenvalue weighted by Crippen LogP contribution is 2.26. The van der Waals surface area contributed by atoms with Crippen molar-refractivity contribution >= 4 is 22.9 Å². The van der Waals surface area contributed by atoms with Gasteiger partial charge >= 0.3 is 0 Å². The third kappa shape index (κ3) is 3.36. The summed E-state index contributed by atoms with van der Waals surface area (Å²) < 4.78 is 1.77. The molecule has 1 atom stereocenters. The van der Waals surface area contributed by atoms with Crippen LogP contribution >= 0.6 is 11.3 Å². The van der Waals surface area contributed by atoms with Gasteiger partial charge in [-0.1, -0.05) is 6.92 Å². The van der Waals surface area contributed by atoms with Crippen molar-refractivity contribution in [2.45, 2.75) is 39.7 Å². The molecular weight excluding hydrogens is 298 g/mol. The Morgan fingerprint density at radius 3 is 2.68 bits per heavy atom. The van der Waals surface area contributed by atoms with Gasteiger partial charge < -0.3 is 5.32 Å². The summed E-state index contributed by atoms with van der Waals surface area (Å²) in [5.74, 6) is -0.0737. The quantitative estimate of drug-likeness (QED) is 0.856. The lowest BCUT2D eigenvalue weighted by Gasteiger charge is -2.27. The van der Waals surface area contributed by atoms with Crippen LogP contribution in [0.15, 0.2) is 11.6 Å². The molecule has 1 amide bonds. The highest BCUT2D eigenvalue weighted by molar-refractivity contribution is 7.09. The van der Waals surface area contributed by atoms with Crippen LogP contribution in [0.3, 0.4) is 0 Å². The molecule has 6 nitrogen and oxygen atoms in total. The van der Waals surface area contributed by atoms with Crippen molar-refractivity contribution in [1.82, 2.24) is 20.1 Å². The van der Waals surface area contributed by atoms with E-state index >= 15 is 0 Å². The van der Waals surface area contributed by atoms with Crippen LogP contribution in [-0.4, -0.2) is 27.2 Å². The standard InChI is InChI=1S/C15H23N5OS/c1-6-15(4,14-16-7-8-22-14)17-9-12(21)18-13-10(2)19-20(5)11(13)3/h7-8,17H,6,9H2,1-5H3,(H,18,21). The predicted molar refractivity (Wildman–Crippen MR) is 89.1 cm³/mol. The summed E-state index contributed by atoms with van der Waals surface area (Å²) in [5, 5.41) is 13.5. The maximum absolute atomic E-state index is 12.2. The molecule has 2 aromatic heterocycles. The van der Waals surface area contributed by atoms with Crippen LogP contribution in [0.25, 0.3) is 0 Å². The Kier molecular flexibility index (Phi) is 4.97. The minimum absolute atomic E-state index is 0.0737. The van der Waals surface area contributed by atoms with E-state index in [-0.39, 0.29) is 18.0 Å². The van der Waals surface area contributed by atoms with Gasteiger partial charge in [-0.2, -0.15) is 5.10 Å². The van der Waals surface area contributed by atoms with Crippen LogP contribution in [0.1, 0.15) is 36.7 Å². The van der Waals surface area contributed by atoms with Crippen molar-refractivity contribution in [3.05, 3.63) is 28.0 Å². The second kappa shape index (κ2) is 6.58. The molecule has 0 saturated carbocycles. The van der Waals surface area contributed by atoms with Crippen molar-refractivity contribution in [3.8, 4) is 0 Å². The Morgan fingerprint density at radius 2 is 2.18 bits per heavy atom. The molecule has 2 rings (SSSR count). The fourth-order valence-electron chi connectivity index (χ4n) is 2.26. The first-order chi connectivity index (χ1) is 10.4. The topological polar surface area (TPSA) is 71.8 Å². The zero-order chi connectivity index (χ0) is 16.3. The maximum Gasteiger partial charge on any atom is 0.238 e. The minimum atomic E-state index is -0.287. The number of anilines is 1. The minimum Gasteiger partial charge on any atom is -0.322 e. The third-order valence-electron chi connectivity index (χ3n) is 4.02. The molecule has 2 heterocycles. The summed E-state index contributed by atoms with van der Waals surface area (Å²) in [6.45, 7) is 8.22. The average molecular weight is 321 g/mol. The number of carbonyl (C=O) groups excluding carboxylic acids is 1. The Bertz CT molecular complexity index is 649. The summed E-state index contributed by atoms with van der Waals surface area (Å²) in [4.78, 5) is 16.6. The van der Waals surface area contributed by atoms with Crippen LogP contribution in [0.5, 0.6) is 0 Å². The van der Waals surface area contributed by atoms with Crippen molar-refractivity contribution in [1.29, 1.82) is 0 Å². The van der Waals surface area contributed by atoms with E-state index in [1.54, 1.807) is 22.2 Å². The molecule has 2 N–H and O–H groups in total. The molecule has 0 aliphatic rings. The number of hydrogen-bond acceptors (Lipinski definition) is 5. The van der Waals surface area contributed by atoms with Gasteiger partial charge in [0.25, 0.3) is 0 Å². The Labute approximate surface area is 135 Å². The van der Waals surface area contributed by atoms with Gasteiger partial charge in [-0.15, -0.1) is 11.3 Å². The number of nitrogens with one attached hydrogen (secondary N) is 2. The summed E-state index contributed by atoms with van der Waals surface area (Å²) >= 11 is 1.60. The Balaban J connectivity index is 2.00. The molecule has 1 unspecified atom stereocenters. The fraction of sp³-hybridized carbons (Fsp3) is 0.533. The zero-order valence-corrected chi connectivity index (χ0v) is 14.5. The monoisotopic (exact) mass is 321 g/mol. The fourth-order valence-corrected chi connectivity index (χ4v) is 3.11. The average Bonchev–Trinajstić information content (AvgIpc) is 3.10. The first kappa shape index (κ1) is 16.6. The van der Waals surface area contributed by atoms with Crippen LogP contribution in [0.4, 0.5) is 5.69 Å². The number of carbonyl (C=O) groups is 1. The van der Waals surface area contributed by atoms with Crippen molar-refractivity contribution in [3.63, 3.8) is 0 Å². The Morgan fingerprint density at radius 1 is 1.45 bits per heavy atom. The van der Waals surface area contributed by atoms with Crippen LogP contribution < -0.4 is 10.6 Å². The maximum atomic E-state index is 12.2. The molecule has 0 fully saturated rings. The second-order valence-electron chi connectivity index (χ2n) is 5.59.